The van der Waals surface area contributed by atoms with Crippen molar-refractivity contribution in [2.75, 3.05) is 13.2 Å². The second kappa shape index (κ2) is 9.78. The smallest absolute Gasteiger partial charge is 0.355 e. The van der Waals surface area contributed by atoms with Crippen LogP contribution < -0.4 is 0 Å². The fourth-order valence-electron chi connectivity index (χ4n) is 3.76. The molecule has 0 aromatic carbocycles. The number of hydrogen-bond acceptors (Lipinski definition) is 6. The summed E-state index contributed by atoms with van der Waals surface area (Å²) >= 11 is 1.32. The Bertz CT molecular complexity index is 1060. The molecule has 3 aromatic heterocycles. The highest BCUT2D eigenvalue weighted by Gasteiger charge is 2.29. The molecule has 7 nitrogen and oxygen atoms in total. The van der Waals surface area contributed by atoms with Crippen LogP contribution in [0.25, 0.3) is 0 Å². The third-order valence-corrected chi connectivity index (χ3v) is 5.97. The number of ether oxygens (including phenoxy) is 1. The Balaban J connectivity index is 1.94. The van der Waals surface area contributed by atoms with Crippen LogP contribution in [0.15, 0.2) is 40.3 Å². The highest BCUT2D eigenvalue weighted by Crippen LogP contribution is 2.25. The molecule has 0 aliphatic rings. The number of amides is 1. The van der Waals surface area contributed by atoms with Gasteiger partial charge < -0.3 is 18.6 Å². The van der Waals surface area contributed by atoms with Crippen LogP contribution in [0.1, 0.15) is 61.4 Å². The van der Waals surface area contributed by atoms with Gasteiger partial charge in [-0.05, 0) is 56.8 Å². The molecule has 0 bridgehead atoms. The van der Waals surface area contributed by atoms with Gasteiger partial charge in [0.05, 0.1) is 30.8 Å². The molecular formula is C23H26N2O5S. The van der Waals surface area contributed by atoms with E-state index in [4.69, 9.17) is 9.15 Å². The lowest BCUT2D eigenvalue weighted by atomic mass is 10.0. The number of aromatic nitrogens is 1. The minimum atomic E-state index is -0.453. The summed E-state index contributed by atoms with van der Waals surface area (Å²) in [4.78, 5) is 40.9. The zero-order valence-corrected chi connectivity index (χ0v) is 19.0. The summed E-state index contributed by atoms with van der Waals surface area (Å²) in [6, 6.07) is 7.04. The van der Waals surface area contributed by atoms with E-state index in [-0.39, 0.29) is 31.4 Å². The minimum Gasteiger partial charge on any atom is -0.467 e. The van der Waals surface area contributed by atoms with Gasteiger partial charge in [0.15, 0.2) is 5.78 Å². The van der Waals surface area contributed by atoms with Crippen molar-refractivity contribution in [3.63, 3.8) is 0 Å². The van der Waals surface area contributed by atoms with Crippen molar-refractivity contribution in [1.82, 2.24) is 9.47 Å². The molecule has 0 fully saturated rings. The van der Waals surface area contributed by atoms with Crippen molar-refractivity contribution in [2.45, 2.75) is 40.8 Å². The topological polar surface area (TPSA) is 81.8 Å². The second-order valence-electron chi connectivity index (χ2n) is 7.04. The second-order valence-corrected chi connectivity index (χ2v) is 7.99. The van der Waals surface area contributed by atoms with Crippen molar-refractivity contribution in [3.8, 4) is 0 Å². The highest BCUT2D eigenvalue weighted by molar-refractivity contribution is 7.12. The molecule has 164 valence electrons. The summed E-state index contributed by atoms with van der Waals surface area (Å²) in [7, 11) is 0. The van der Waals surface area contributed by atoms with Crippen molar-refractivity contribution < 1.29 is 23.5 Å². The Kier molecular flexibility index (Phi) is 7.12. The van der Waals surface area contributed by atoms with Crippen LogP contribution in [0.3, 0.4) is 0 Å². The minimum absolute atomic E-state index is 0.130. The number of carbonyl (C=O) groups is 3. The standard InChI is InChI=1S/C23H26N2O5S/c1-5-25-16(4)20(15(3)21(25)23(28)29-6-2)18(26)14-24(13-17-9-7-11-30-17)22(27)19-10-8-12-31-19/h7-12H,5-6,13-14H2,1-4H3. The monoisotopic (exact) mass is 442 g/mol. The van der Waals surface area contributed by atoms with Gasteiger partial charge in [-0.15, -0.1) is 11.3 Å². The molecule has 3 heterocycles. The highest BCUT2D eigenvalue weighted by atomic mass is 32.1. The van der Waals surface area contributed by atoms with Gasteiger partial charge in [0.25, 0.3) is 5.91 Å². The van der Waals surface area contributed by atoms with E-state index in [1.54, 1.807) is 42.7 Å². The van der Waals surface area contributed by atoms with E-state index >= 15 is 0 Å². The van der Waals surface area contributed by atoms with Crippen molar-refractivity contribution in [1.29, 1.82) is 0 Å². The third kappa shape index (κ3) is 4.64. The van der Waals surface area contributed by atoms with Gasteiger partial charge >= 0.3 is 5.97 Å². The predicted molar refractivity (Wildman–Crippen MR) is 118 cm³/mol. The molecule has 31 heavy (non-hydrogen) atoms. The molecule has 0 aliphatic heterocycles. The number of hydrogen-bond donors (Lipinski definition) is 0. The fourth-order valence-corrected chi connectivity index (χ4v) is 4.45. The molecule has 1 amide bonds. The zero-order valence-electron chi connectivity index (χ0n) is 18.1. The number of Topliss-reactive ketones (excluding diaryl/α,β-unsaturated/α-hetero) is 1. The number of esters is 1. The average molecular weight is 443 g/mol. The first-order valence-corrected chi connectivity index (χ1v) is 11.0. The van der Waals surface area contributed by atoms with E-state index in [1.165, 1.54) is 22.5 Å². The number of ketones is 1. The van der Waals surface area contributed by atoms with Gasteiger partial charge in [-0.3, -0.25) is 9.59 Å². The van der Waals surface area contributed by atoms with Crippen LogP contribution in [-0.2, 0) is 17.8 Å². The summed E-state index contributed by atoms with van der Waals surface area (Å²) in [6.07, 6.45) is 1.53. The van der Waals surface area contributed by atoms with Crippen molar-refractivity contribution >= 4 is 29.0 Å². The quantitative estimate of drug-likeness (QED) is 0.360. The summed E-state index contributed by atoms with van der Waals surface area (Å²) in [5, 5.41) is 1.82. The number of rotatable bonds is 9. The van der Waals surface area contributed by atoms with Gasteiger partial charge in [-0.25, -0.2) is 4.79 Å². The molecule has 0 unspecified atom stereocenters. The number of nitrogens with zero attached hydrogens (tertiary/aromatic N) is 2. The number of thiophene rings is 1. The molecule has 0 atom stereocenters. The summed E-state index contributed by atoms with van der Waals surface area (Å²) in [5.41, 5.74) is 2.10. The maximum absolute atomic E-state index is 13.4. The lowest BCUT2D eigenvalue weighted by molar-refractivity contribution is 0.0512. The van der Waals surface area contributed by atoms with Crippen LogP contribution in [-0.4, -0.2) is 40.3 Å². The Labute approximate surface area is 185 Å². The van der Waals surface area contributed by atoms with Gasteiger partial charge in [0.2, 0.25) is 0 Å². The van der Waals surface area contributed by atoms with Gasteiger partial charge in [0, 0.05) is 17.8 Å². The van der Waals surface area contributed by atoms with E-state index in [9.17, 15) is 14.4 Å². The molecule has 0 N–H and O–H groups in total. The predicted octanol–water partition coefficient (Wildman–Crippen LogP) is 4.48. The van der Waals surface area contributed by atoms with E-state index in [0.717, 1.165) is 0 Å². The Morgan fingerprint density at radius 3 is 2.52 bits per heavy atom. The van der Waals surface area contributed by atoms with Gasteiger partial charge in [-0.1, -0.05) is 6.07 Å². The fraction of sp³-hybridized carbons (Fsp3) is 0.348. The molecule has 8 heteroatoms. The van der Waals surface area contributed by atoms with Gasteiger partial charge in [-0.2, -0.15) is 0 Å². The van der Waals surface area contributed by atoms with Crippen LogP contribution in [0, 0.1) is 13.8 Å². The average Bonchev–Trinajstić information content (AvgIpc) is 3.48. The zero-order chi connectivity index (χ0) is 22.5. The summed E-state index contributed by atoms with van der Waals surface area (Å²) in [5.74, 6) is -0.338. The van der Waals surface area contributed by atoms with E-state index in [1.807, 2.05) is 19.2 Å². The lowest BCUT2D eigenvalue weighted by Gasteiger charge is -2.20. The summed E-state index contributed by atoms with van der Waals surface area (Å²) < 4.78 is 12.4. The first kappa shape index (κ1) is 22.6. The van der Waals surface area contributed by atoms with Gasteiger partial charge in [0.1, 0.15) is 11.5 Å². The van der Waals surface area contributed by atoms with E-state index < -0.39 is 5.97 Å². The molecule has 0 radical (unpaired) electrons. The largest absolute Gasteiger partial charge is 0.467 e. The number of furan rings is 1. The lowest BCUT2D eigenvalue weighted by Crippen LogP contribution is -2.35. The molecule has 0 aliphatic carbocycles. The first-order chi connectivity index (χ1) is 14.9. The van der Waals surface area contributed by atoms with Crippen molar-refractivity contribution in [2.24, 2.45) is 0 Å². The molecule has 0 saturated carbocycles. The van der Waals surface area contributed by atoms with Crippen LogP contribution in [0.4, 0.5) is 0 Å². The number of carbonyl (C=O) groups excluding carboxylic acids is 3. The molecule has 3 aromatic rings. The maximum atomic E-state index is 13.4. The third-order valence-electron chi connectivity index (χ3n) is 5.11. The normalized spacial score (nSPS) is 10.8. The molecule has 0 saturated heterocycles. The first-order valence-electron chi connectivity index (χ1n) is 10.1. The SMILES string of the molecule is CCOC(=O)c1c(C)c(C(=O)CN(Cc2ccco2)C(=O)c2cccs2)c(C)n1CC. The Hall–Kier alpha value is -3.13. The molecular weight excluding hydrogens is 416 g/mol. The Morgan fingerprint density at radius 2 is 1.94 bits per heavy atom. The Morgan fingerprint density at radius 1 is 1.16 bits per heavy atom. The van der Waals surface area contributed by atoms with E-state index in [2.05, 4.69) is 0 Å². The summed E-state index contributed by atoms with van der Waals surface area (Å²) in [6.45, 7) is 8.03. The van der Waals surface area contributed by atoms with Crippen LogP contribution >= 0.6 is 11.3 Å². The van der Waals surface area contributed by atoms with Crippen molar-refractivity contribution in [3.05, 3.63) is 69.1 Å². The maximum Gasteiger partial charge on any atom is 0.355 e. The van der Waals surface area contributed by atoms with Crippen LogP contribution in [0.2, 0.25) is 0 Å². The molecule has 3 rings (SSSR count). The van der Waals surface area contributed by atoms with Crippen LogP contribution in [0.5, 0.6) is 0 Å². The molecule has 0 spiro atoms. The van der Waals surface area contributed by atoms with E-state index in [0.29, 0.717) is 39.7 Å².